The summed E-state index contributed by atoms with van der Waals surface area (Å²) in [5.41, 5.74) is 0.833. The van der Waals surface area contributed by atoms with E-state index < -0.39 is 18.0 Å². The van der Waals surface area contributed by atoms with Crippen molar-refractivity contribution in [1.29, 1.82) is 0 Å². The molecule has 1 aromatic carbocycles. The highest BCUT2D eigenvalue weighted by atomic mass is 35.5. The van der Waals surface area contributed by atoms with E-state index in [2.05, 4.69) is 4.74 Å². The Balaban J connectivity index is 1.88. The molecule has 0 radical (unpaired) electrons. The maximum absolute atomic E-state index is 11.8. The summed E-state index contributed by atoms with van der Waals surface area (Å²) in [6.07, 6.45) is 0.289. The molecule has 1 aromatic heterocycles. The molecule has 1 heterocycles. The molecule has 0 spiro atoms. The molecular formula is C18H18ClNO6. The van der Waals surface area contributed by atoms with Gasteiger partial charge in [0.1, 0.15) is 0 Å². The Morgan fingerprint density at radius 2 is 1.92 bits per heavy atom. The molecule has 0 N–H and O–H groups in total. The molecule has 138 valence electrons. The van der Waals surface area contributed by atoms with Gasteiger partial charge in [0.2, 0.25) is 6.20 Å². The Morgan fingerprint density at radius 3 is 2.58 bits per heavy atom. The fourth-order valence-corrected chi connectivity index (χ4v) is 2.24. The van der Waals surface area contributed by atoms with E-state index >= 15 is 0 Å². The molecule has 0 bridgehead atoms. The van der Waals surface area contributed by atoms with E-state index in [9.17, 15) is 14.8 Å². The van der Waals surface area contributed by atoms with Crippen molar-refractivity contribution >= 4 is 23.5 Å². The first-order chi connectivity index (χ1) is 12.5. The largest absolute Gasteiger partial charge is 0.618 e. The lowest BCUT2D eigenvalue weighted by atomic mass is 10.2. The van der Waals surface area contributed by atoms with E-state index in [1.54, 1.807) is 0 Å². The second-order valence-corrected chi connectivity index (χ2v) is 5.70. The smallest absolute Gasteiger partial charge is 0.347 e. The second-order valence-electron chi connectivity index (χ2n) is 5.31. The number of nitrogens with zero attached hydrogens (tertiary/aromatic N) is 1. The van der Waals surface area contributed by atoms with Crippen molar-refractivity contribution in [3.05, 3.63) is 64.6 Å². The molecule has 0 amide bonds. The van der Waals surface area contributed by atoms with Crippen LogP contribution < -0.4 is 9.47 Å². The van der Waals surface area contributed by atoms with Gasteiger partial charge in [0.15, 0.2) is 11.9 Å². The summed E-state index contributed by atoms with van der Waals surface area (Å²) in [5, 5.41) is 11.4. The number of aromatic nitrogens is 1. The van der Waals surface area contributed by atoms with Gasteiger partial charge >= 0.3 is 11.9 Å². The van der Waals surface area contributed by atoms with E-state index in [0.717, 1.165) is 11.8 Å². The minimum atomic E-state index is -1.02. The normalized spacial score (nSPS) is 11.5. The highest BCUT2D eigenvalue weighted by molar-refractivity contribution is 6.28. The lowest BCUT2D eigenvalue weighted by molar-refractivity contribution is -0.603. The fraction of sp³-hybridized carbons (Fsp3) is 0.278. The third kappa shape index (κ3) is 5.93. The monoisotopic (exact) mass is 379 g/mol. The summed E-state index contributed by atoms with van der Waals surface area (Å²) in [4.78, 5) is 23.7. The third-order valence-corrected chi connectivity index (χ3v) is 3.71. The average Bonchev–Trinajstić information content (AvgIpc) is 2.64. The summed E-state index contributed by atoms with van der Waals surface area (Å²) in [6, 6.07) is 12.0. The quantitative estimate of drug-likeness (QED) is 0.302. The van der Waals surface area contributed by atoms with E-state index in [4.69, 9.17) is 21.1 Å². The molecule has 2 aromatic rings. The Hall–Kier alpha value is -2.80. The van der Waals surface area contributed by atoms with Crippen molar-refractivity contribution in [1.82, 2.24) is 0 Å². The van der Waals surface area contributed by atoms with Crippen LogP contribution in [0.25, 0.3) is 0 Å². The van der Waals surface area contributed by atoms with Gasteiger partial charge in [0, 0.05) is 12.5 Å². The van der Waals surface area contributed by atoms with E-state index in [0.29, 0.717) is 4.73 Å². The van der Waals surface area contributed by atoms with Gasteiger partial charge in [-0.25, -0.2) is 4.79 Å². The SMILES string of the molecule is COC(=O)C(CCOC(=O)Cc1ccccc1)Oc1ccc(Cl)[n+]([O-])c1. The highest BCUT2D eigenvalue weighted by Gasteiger charge is 2.23. The maximum atomic E-state index is 11.8. The number of carbonyl (C=O) groups is 2. The minimum absolute atomic E-state index is 0.0261. The number of carbonyl (C=O) groups excluding carboxylic acids is 2. The lowest BCUT2D eigenvalue weighted by Crippen LogP contribution is -2.32. The molecule has 0 saturated heterocycles. The number of methoxy groups -OCH3 is 1. The summed E-state index contributed by atoms with van der Waals surface area (Å²) >= 11 is 5.64. The van der Waals surface area contributed by atoms with Gasteiger partial charge in [-0.1, -0.05) is 30.3 Å². The number of hydrogen-bond acceptors (Lipinski definition) is 6. The summed E-state index contributed by atoms with van der Waals surface area (Å²) in [5.74, 6) is -0.907. The van der Waals surface area contributed by atoms with Gasteiger partial charge in [-0.15, -0.1) is 0 Å². The standard InChI is InChI=1S/C18H18ClNO6/c1-24-18(22)15(26-14-7-8-16(19)20(23)12-14)9-10-25-17(21)11-13-5-3-2-4-6-13/h2-8,12,15H,9-11H2,1H3. The Bertz CT molecular complexity index is 753. The Labute approximate surface area is 155 Å². The average molecular weight is 380 g/mol. The highest BCUT2D eigenvalue weighted by Crippen LogP contribution is 2.15. The van der Waals surface area contributed by atoms with Crippen molar-refractivity contribution in [2.75, 3.05) is 13.7 Å². The fourth-order valence-electron chi connectivity index (χ4n) is 2.13. The van der Waals surface area contributed by atoms with Crippen LogP contribution in [-0.2, 0) is 25.5 Å². The van der Waals surface area contributed by atoms with Crippen LogP contribution in [0.2, 0.25) is 5.15 Å². The molecule has 0 saturated carbocycles. The molecule has 1 atom stereocenters. The van der Waals surface area contributed by atoms with Crippen molar-refractivity contribution < 1.29 is 28.5 Å². The molecule has 8 heteroatoms. The zero-order valence-corrected chi connectivity index (χ0v) is 14.8. The first kappa shape index (κ1) is 19.5. The molecule has 0 fully saturated rings. The molecule has 2 rings (SSSR count). The van der Waals surface area contributed by atoms with Crippen LogP contribution in [0.4, 0.5) is 0 Å². The molecule has 7 nitrogen and oxygen atoms in total. The van der Waals surface area contributed by atoms with Crippen LogP contribution in [-0.4, -0.2) is 31.8 Å². The number of halogens is 1. The predicted octanol–water partition coefficient (Wildman–Crippen LogP) is 2.07. The summed E-state index contributed by atoms with van der Waals surface area (Å²) < 4.78 is 15.7. The molecule has 0 aliphatic rings. The van der Waals surface area contributed by atoms with Crippen molar-refractivity contribution in [3.8, 4) is 5.75 Å². The first-order valence-electron chi connectivity index (χ1n) is 7.82. The van der Waals surface area contributed by atoms with Crippen molar-refractivity contribution in [2.45, 2.75) is 18.9 Å². The third-order valence-electron chi connectivity index (χ3n) is 3.42. The van der Waals surface area contributed by atoms with Crippen LogP contribution in [0.15, 0.2) is 48.7 Å². The van der Waals surface area contributed by atoms with Gasteiger partial charge in [0.25, 0.3) is 5.15 Å². The molecular weight excluding hydrogens is 362 g/mol. The topological polar surface area (TPSA) is 88.8 Å². The summed E-state index contributed by atoms with van der Waals surface area (Å²) in [7, 11) is 1.22. The van der Waals surface area contributed by atoms with Crippen LogP contribution in [0.1, 0.15) is 12.0 Å². The molecule has 26 heavy (non-hydrogen) atoms. The van der Waals surface area contributed by atoms with Gasteiger partial charge in [-0.2, -0.15) is 4.73 Å². The van der Waals surface area contributed by atoms with Gasteiger partial charge < -0.3 is 19.4 Å². The number of benzene rings is 1. The van der Waals surface area contributed by atoms with Gasteiger partial charge in [0.05, 0.1) is 20.1 Å². The van der Waals surface area contributed by atoms with Gasteiger partial charge in [-0.3, -0.25) is 4.79 Å². The van der Waals surface area contributed by atoms with Crippen molar-refractivity contribution in [3.63, 3.8) is 0 Å². The van der Waals surface area contributed by atoms with Crippen molar-refractivity contribution in [2.24, 2.45) is 0 Å². The van der Waals surface area contributed by atoms with E-state index in [1.165, 1.54) is 19.2 Å². The van der Waals surface area contributed by atoms with Gasteiger partial charge in [-0.05, 0) is 23.2 Å². The minimum Gasteiger partial charge on any atom is -0.618 e. The zero-order chi connectivity index (χ0) is 18.9. The van der Waals surface area contributed by atoms with Crippen LogP contribution in [0.3, 0.4) is 0 Å². The van der Waals surface area contributed by atoms with Crippen LogP contribution in [0, 0.1) is 5.21 Å². The number of rotatable bonds is 8. The first-order valence-corrected chi connectivity index (χ1v) is 8.20. The van der Waals surface area contributed by atoms with Crippen LogP contribution in [0.5, 0.6) is 5.75 Å². The Morgan fingerprint density at radius 1 is 1.19 bits per heavy atom. The number of ether oxygens (including phenoxy) is 3. The number of pyridine rings is 1. The molecule has 0 aliphatic heterocycles. The van der Waals surface area contributed by atoms with E-state index in [-0.39, 0.29) is 30.4 Å². The number of hydrogen-bond donors (Lipinski definition) is 0. The predicted molar refractivity (Wildman–Crippen MR) is 92.6 cm³/mol. The molecule has 1 unspecified atom stereocenters. The zero-order valence-electron chi connectivity index (χ0n) is 14.1. The Kier molecular flexibility index (Phi) is 7.23. The maximum Gasteiger partial charge on any atom is 0.347 e. The molecule has 0 aliphatic carbocycles. The van der Waals surface area contributed by atoms with Crippen LogP contribution >= 0.6 is 11.6 Å². The van der Waals surface area contributed by atoms with E-state index in [1.807, 2.05) is 30.3 Å². The second kappa shape index (κ2) is 9.62. The lowest BCUT2D eigenvalue weighted by Gasteiger charge is -2.16. The summed E-state index contributed by atoms with van der Waals surface area (Å²) in [6.45, 7) is -0.0314. The number of esters is 2.